The molecule has 1 aromatic heterocycles. The van der Waals surface area contributed by atoms with Gasteiger partial charge in [0.25, 0.3) is 11.8 Å². The fourth-order valence-electron chi connectivity index (χ4n) is 1.92. The number of carbonyl (C=O) groups is 2. The number of H-pyrrole nitrogens is 1. The summed E-state index contributed by atoms with van der Waals surface area (Å²) in [5.41, 5.74) is 3.11. The van der Waals surface area contributed by atoms with Gasteiger partial charge in [-0.1, -0.05) is 12.1 Å². The van der Waals surface area contributed by atoms with Crippen molar-refractivity contribution in [2.75, 3.05) is 13.1 Å². The number of aromatic nitrogens is 2. The summed E-state index contributed by atoms with van der Waals surface area (Å²) in [5.74, 6) is -0.375. The zero-order chi connectivity index (χ0) is 15.2. The first-order valence-electron chi connectivity index (χ1n) is 6.71. The monoisotopic (exact) mass is 286 g/mol. The summed E-state index contributed by atoms with van der Waals surface area (Å²) in [5, 5.41) is 11.8. The summed E-state index contributed by atoms with van der Waals surface area (Å²) in [6.07, 6.45) is 1.51. The van der Waals surface area contributed by atoms with Crippen LogP contribution < -0.4 is 10.6 Å². The molecule has 110 valence electrons. The molecule has 0 fully saturated rings. The van der Waals surface area contributed by atoms with E-state index in [0.717, 1.165) is 11.1 Å². The third kappa shape index (κ3) is 3.68. The highest BCUT2D eigenvalue weighted by molar-refractivity contribution is 5.96. The van der Waals surface area contributed by atoms with Gasteiger partial charge in [0, 0.05) is 24.8 Å². The number of aromatic amines is 1. The number of nitrogens with one attached hydrogen (secondary N) is 3. The highest BCUT2D eigenvalue weighted by Gasteiger charge is 2.10. The van der Waals surface area contributed by atoms with E-state index in [2.05, 4.69) is 20.8 Å². The van der Waals surface area contributed by atoms with Gasteiger partial charge >= 0.3 is 0 Å². The van der Waals surface area contributed by atoms with Crippen molar-refractivity contribution >= 4 is 11.8 Å². The van der Waals surface area contributed by atoms with E-state index in [1.807, 2.05) is 26.0 Å². The topological polar surface area (TPSA) is 86.9 Å². The summed E-state index contributed by atoms with van der Waals surface area (Å²) >= 11 is 0. The highest BCUT2D eigenvalue weighted by Crippen LogP contribution is 2.12. The first-order chi connectivity index (χ1) is 10.1. The molecule has 1 aromatic carbocycles. The van der Waals surface area contributed by atoms with E-state index in [4.69, 9.17) is 0 Å². The summed E-state index contributed by atoms with van der Waals surface area (Å²) in [6, 6.07) is 7.21. The minimum Gasteiger partial charge on any atom is -0.350 e. The molecule has 6 nitrogen and oxygen atoms in total. The fourth-order valence-corrected chi connectivity index (χ4v) is 1.92. The van der Waals surface area contributed by atoms with E-state index in [1.165, 1.54) is 6.20 Å². The van der Waals surface area contributed by atoms with Crippen molar-refractivity contribution in [3.05, 3.63) is 52.8 Å². The third-order valence-electron chi connectivity index (χ3n) is 3.29. The molecule has 0 atom stereocenters. The third-order valence-corrected chi connectivity index (χ3v) is 3.29. The second-order valence-electron chi connectivity index (χ2n) is 4.73. The molecule has 0 bridgehead atoms. The zero-order valence-electron chi connectivity index (χ0n) is 12.1. The Morgan fingerprint density at radius 2 is 1.81 bits per heavy atom. The molecule has 2 rings (SSSR count). The maximum atomic E-state index is 12.1. The molecule has 3 N–H and O–H groups in total. The normalized spacial score (nSPS) is 10.2. The number of benzene rings is 1. The van der Waals surface area contributed by atoms with Crippen molar-refractivity contribution in [3.63, 3.8) is 0 Å². The van der Waals surface area contributed by atoms with Gasteiger partial charge in [-0.2, -0.15) is 5.10 Å². The predicted molar refractivity (Wildman–Crippen MR) is 79.2 cm³/mol. The molecule has 0 saturated heterocycles. The molecule has 0 spiro atoms. The van der Waals surface area contributed by atoms with Crippen LogP contribution in [0, 0.1) is 13.8 Å². The van der Waals surface area contributed by atoms with E-state index in [9.17, 15) is 9.59 Å². The molecular formula is C15H18N4O2. The van der Waals surface area contributed by atoms with Crippen molar-refractivity contribution in [2.45, 2.75) is 13.8 Å². The molecule has 0 unspecified atom stereocenters. The Balaban J connectivity index is 1.80. The predicted octanol–water partition coefficient (Wildman–Crippen LogP) is 1.19. The molecule has 1 heterocycles. The van der Waals surface area contributed by atoms with Crippen LogP contribution in [0.1, 0.15) is 32.0 Å². The second-order valence-corrected chi connectivity index (χ2v) is 4.73. The Morgan fingerprint density at radius 3 is 2.48 bits per heavy atom. The number of hydrogen-bond acceptors (Lipinski definition) is 3. The van der Waals surface area contributed by atoms with Crippen LogP contribution in [0.4, 0.5) is 0 Å². The molecule has 6 heteroatoms. The number of carbonyl (C=O) groups excluding carboxylic acids is 2. The van der Waals surface area contributed by atoms with Gasteiger partial charge in [0.2, 0.25) is 0 Å². The quantitative estimate of drug-likeness (QED) is 0.721. The first-order valence-corrected chi connectivity index (χ1v) is 6.71. The van der Waals surface area contributed by atoms with Crippen LogP contribution in [0.2, 0.25) is 0 Å². The maximum absolute atomic E-state index is 12.1. The number of hydrogen-bond donors (Lipinski definition) is 3. The minimum absolute atomic E-state index is 0.132. The smallest absolute Gasteiger partial charge is 0.269 e. The lowest BCUT2D eigenvalue weighted by Gasteiger charge is -2.09. The lowest BCUT2D eigenvalue weighted by atomic mass is 10.0. The van der Waals surface area contributed by atoms with E-state index in [0.29, 0.717) is 24.3 Å². The summed E-state index contributed by atoms with van der Waals surface area (Å²) in [4.78, 5) is 23.7. The highest BCUT2D eigenvalue weighted by atomic mass is 16.2. The SMILES string of the molecule is Cc1cccc(C(=O)NCCNC(=O)c2ccn[nH]2)c1C. The number of aryl methyl sites for hydroxylation is 1. The van der Waals surface area contributed by atoms with Crippen molar-refractivity contribution in [1.82, 2.24) is 20.8 Å². The Hall–Kier alpha value is -2.63. The lowest BCUT2D eigenvalue weighted by Crippen LogP contribution is -2.35. The van der Waals surface area contributed by atoms with Gasteiger partial charge in [0.1, 0.15) is 5.69 Å². The Kier molecular flexibility index (Phi) is 4.71. The van der Waals surface area contributed by atoms with E-state index in [-0.39, 0.29) is 11.8 Å². The summed E-state index contributed by atoms with van der Waals surface area (Å²) < 4.78 is 0. The fraction of sp³-hybridized carbons (Fsp3) is 0.267. The van der Waals surface area contributed by atoms with E-state index < -0.39 is 0 Å². The van der Waals surface area contributed by atoms with Crippen LogP contribution in [-0.2, 0) is 0 Å². The molecule has 2 amide bonds. The number of nitrogens with zero attached hydrogens (tertiary/aromatic N) is 1. The first kappa shape index (κ1) is 14.8. The van der Waals surface area contributed by atoms with Crippen LogP contribution in [0.15, 0.2) is 30.5 Å². The van der Waals surface area contributed by atoms with Crippen molar-refractivity contribution in [3.8, 4) is 0 Å². The van der Waals surface area contributed by atoms with Gasteiger partial charge in [-0.25, -0.2) is 0 Å². The van der Waals surface area contributed by atoms with Crippen LogP contribution in [0.3, 0.4) is 0 Å². The minimum atomic E-state index is -0.242. The van der Waals surface area contributed by atoms with Crippen LogP contribution >= 0.6 is 0 Å². The molecule has 0 aliphatic carbocycles. The number of amides is 2. The van der Waals surface area contributed by atoms with Gasteiger partial charge in [-0.3, -0.25) is 14.7 Å². The summed E-state index contributed by atoms with van der Waals surface area (Å²) in [7, 11) is 0. The molecular weight excluding hydrogens is 268 g/mol. The van der Waals surface area contributed by atoms with Gasteiger partial charge in [-0.15, -0.1) is 0 Å². The molecule has 0 saturated carbocycles. The Labute approximate surface area is 122 Å². The Morgan fingerprint density at radius 1 is 1.10 bits per heavy atom. The van der Waals surface area contributed by atoms with Crippen LogP contribution in [0.5, 0.6) is 0 Å². The molecule has 0 aliphatic rings. The molecule has 0 aliphatic heterocycles. The van der Waals surface area contributed by atoms with E-state index in [1.54, 1.807) is 12.1 Å². The zero-order valence-corrected chi connectivity index (χ0v) is 12.1. The van der Waals surface area contributed by atoms with Crippen molar-refractivity contribution in [2.24, 2.45) is 0 Å². The standard InChI is InChI=1S/C15H18N4O2/c1-10-4-3-5-12(11(10)2)14(20)16-8-9-17-15(21)13-6-7-18-19-13/h3-7H,8-9H2,1-2H3,(H,16,20)(H,17,21)(H,18,19). The molecule has 21 heavy (non-hydrogen) atoms. The largest absolute Gasteiger partial charge is 0.350 e. The van der Waals surface area contributed by atoms with Crippen LogP contribution in [-0.4, -0.2) is 35.1 Å². The average Bonchev–Trinajstić information content (AvgIpc) is 3.00. The number of rotatable bonds is 5. The maximum Gasteiger partial charge on any atom is 0.269 e. The molecule has 0 radical (unpaired) electrons. The van der Waals surface area contributed by atoms with Crippen molar-refractivity contribution in [1.29, 1.82) is 0 Å². The van der Waals surface area contributed by atoms with Gasteiger partial charge < -0.3 is 10.6 Å². The summed E-state index contributed by atoms with van der Waals surface area (Å²) in [6.45, 7) is 4.61. The van der Waals surface area contributed by atoms with E-state index >= 15 is 0 Å². The van der Waals surface area contributed by atoms with Gasteiger partial charge in [0.15, 0.2) is 0 Å². The lowest BCUT2D eigenvalue weighted by molar-refractivity contribution is 0.0924. The van der Waals surface area contributed by atoms with Gasteiger partial charge in [-0.05, 0) is 37.1 Å². The van der Waals surface area contributed by atoms with Crippen molar-refractivity contribution < 1.29 is 9.59 Å². The average molecular weight is 286 g/mol. The second kappa shape index (κ2) is 6.69. The van der Waals surface area contributed by atoms with Crippen LogP contribution in [0.25, 0.3) is 0 Å². The molecule has 2 aromatic rings. The van der Waals surface area contributed by atoms with Gasteiger partial charge in [0.05, 0.1) is 0 Å². The Bertz CT molecular complexity index is 635.